The molecule has 0 aromatic heterocycles. The summed E-state index contributed by atoms with van der Waals surface area (Å²) in [7, 11) is -0.624. The summed E-state index contributed by atoms with van der Waals surface area (Å²) in [6, 6.07) is 6.41. The summed E-state index contributed by atoms with van der Waals surface area (Å²) in [5.41, 5.74) is 0.952. The van der Waals surface area contributed by atoms with E-state index in [4.69, 9.17) is 14.7 Å². The number of nitrogens with zero attached hydrogens (tertiary/aromatic N) is 1. The minimum Gasteiger partial charge on any atom is -0.382 e. The third-order valence-corrected chi connectivity index (χ3v) is 4.36. The lowest BCUT2D eigenvalue weighted by atomic mass is 10.2. The second-order valence-electron chi connectivity index (χ2n) is 4.26. The van der Waals surface area contributed by atoms with Crippen LogP contribution in [0.3, 0.4) is 0 Å². The van der Waals surface area contributed by atoms with E-state index in [0.29, 0.717) is 17.7 Å². The highest BCUT2D eigenvalue weighted by molar-refractivity contribution is 7.89. The van der Waals surface area contributed by atoms with Gasteiger partial charge in [-0.1, -0.05) is 0 Å². The van der Waals surface area contributed by atoms with Gasteiger partial charge in [-0.05, 0) is 30.7 Å². The standard InChI is InChI=1S/C13H18N2O4S/c1-10-6-11(7-14)4-5-13(10)20(16,17)15-8-12(19-3)9-18-2/h4-6,12,15H,8-9H2,1-3H3. The molecule has 6 nitrogen and oxygen atoms in total. The zero-order valence-corrected chi connectivity index (χ0v) is 12.5. The minimum atomic E-state index is -3.63. The summed E-state index contributed by atoms with van der Waals surface area (Å²) in [6.07, 6.45) is -0.353. The van der Waals surface area contributed by atoms with Crippen molar-refractivity contribution < 1.29 is 17.9 Å². The van der Waals surface area contributed by atoms with Crippen molar-refractivity contribution in [1.29, 1.82) is 5.26 Å². The average Bonchev–Trinajstić information content (AvgIpc) is 2.42. The van der Waals surface area contributed by atoms with Crippen LogP contribution in [-0.2, 0) is 19.5 Å². The summed E-state index contributed by atoms with van der Waals surface area (Å²) < 4.78 is 36.9. The maximum atomic E-state index is 12.2. The van der Waals surface area contributed by atoms with Crippen LogP contribution >= 0.6 is 0 Å². The van der Waals surface area contributed by atoms with Gasteiger partial charge in [-0.3, -0.25) is 0 Å². The largest absolute Gasteiger partial charge is 0.382 e. The lowest BCUT2D eigenvalue weighted by molar-refractivity contribution is 0.0320. The first-order valence-electron chi connectivity index (χ1n) is 5.96. The van der Waals surface area contributed by atoms with Crippen molar-refractivity contribution in [2.24, 2.45) is 0 Å². The zero-order chi connectivity index (χ0) is 15.2. The van der Waals surface area contributed by atoms with Crippen LogP contribution < -0.4 is 4.72 Å². The van der Waals surface area contributed by atoms with Crippen LogP contribution in [0.15, 0.2) is 23.1 Å². The van der Waals surface area contributed by atoms with Gasteiger partial charge in [-0.2, -0.15) is 5.26 Å². The van der Waals surface area contributed by atoms with Gasteiger partial charge in [0.2, 0.25) is 10.0 Å². The molecule has 0 saturated heterocycles. The molecule has 20 heavy (non-hydrogen) atoms. The van der Waals surface area contributed by atoms with E-state index in [1.54, 1.807) is 6.92 Å². The summed E-state index contributed by atoms with van der Waals surface area (Å²) in [5.74, 6) is 0. The van der Waals surface area contributed by atoms with Gasteiger partial charge in [0.25, 0.3) is 0 Å². The van der Waals surface area contributed by atoms with Gasteiger partial charge in [0.05, 0.1) is 29.2 Å². The fraction of sp³-hybridized carbons (Fsp3) is 0.462. The molecule has 0 aliphatic rings. The topological polar surface area (TPSA) is 88.4 Å². The monoisotopic (exact) mass is 298 g/mol. The van der Waals surface area contributed by atoms with Gasteiger partial charge >= 0.3 is 0 Å². The number of sulfonamides is 1. The normalized spacial score (nSPS) is 12.9. The van der Waals surface area contributed by atoms with E-state index in [9.17, 15) is 8.42 Å². The Bertz CT molecular complexity index is 593. The van der Waals surface area contributed by atoms with Gasteiger partial charge in [-0.25, -0.2) is 13.1 Å². The Balaban J connectivity index is 2.87. The van der Waals surface area contributed by atoms with Crippen molar-refractivity contribution in [2.75, 3.05) is 27.4 Å². The lowest BCUT2D eigenvalue weighted by Gasteiger charge is -2.16. The number of hydrogen-bond donors (Lipinski definition) is 1. The first-order valence-corrected chi connectivity index (χ1v) is 7.45. The quantitative estimate of drug-likeness (QED) is 0.804. The van der Waals surface area contributed by atoms with Gasteiger partial charge in [0.15, 0.2) is 0 Å². The van der Waals surface area contributed by atoms with Gasteiger partial charge in [-0.15, -0.1) is 0 Å². The Morgan fingerprint density at radius 2 is 2.10 bits per heavy atom. The van der Waals surface area contributed by atoms with Crippen LogP contribution in [0.1, 0.15) is 11.1 Å². The van der Waals surface area contributed by atoms with E-state index >= 15 is 0 Å². The number of rotatable bonds is 7. The fourth-order valence-corrected chi connectivity index (χ4v) is 2.99. The SMILES string of the molecule is COCC(CNS(=O)(=O)c1ccc(C#N)cc1C)OC. The highest BCUT2D eigenvalue weighted by Crippen LogP contribution is 2.16. The second-order valence-corrected chi connectivity index (χ2v) is 5.99. The molecule has 1 atom stereocenters. The highest BCUT2D eigenvalue weighted by Gasteiger charge is 2.19. The Kier molecular flexibility index (Phi) is 6.10. The minimum absolute atomic E-state index is 0.117. The molecule has 1 unspecified atom stereocenters. The second kappa shape index (κ2) is 7.36. The van der Waals surface area contributed by atoms with Crippen LogP contribution in [0.25, 0.3) is 0 Å². The summed E-state index contributed by atoms with van der Waals surface area (Å²) >= 11 is 0. The Morgan fingerprint density at radius 1 is 1.40 bits per heavy atom. The number of hydrogen-bond acceptors (Lipinski definition) is 5. The highest BCUT2D eigenvalue weighted by atomic mass is 32.2. The zero-order valence-electron chi connectivity index (χ0n) is 11.7. The van der Waals surface area contributed by atoms with Crippen LogP contribution in [0.4, 0.5) is 0 Å². The third-order valence-electron chi connectivity index (χ3n) is 2.78. The molecule has 0 saturated carbocycles. The molecule has 0 fully saturated rings. The van der Waals surface area contributed by atoms with Crippen molar-refractivity contribution in [3.8, 4) is 6.07 Å². The molecule has 1 rings (SSSR count). The predicted octanol–water partition coefficient (Wildman–Crippen LogP) is 0.806. The van der Waals surface area contributed by atoms with E-state index in [1.807, 2.05) is 6.07 Å². The van der Waals surface area contributed by atoms with Gasteiger partial charge in [0.1, 0.15) is 0 Å². The molecule has 0 spiro atoms. The third kappa shape index (κ3) is 4.28. The average molecular weight is 298 g/mol. The number of methoxy groups -OCH3 is 2. The maximum Gasteiger partial charge on any atom is 0.240 e. The molecule has 7 heteroatoms. The summed E-state index contributed by atoms with van der Waals surface area (Å²) in [4.78, 5) is 0.156. The van der Waals surface area contributed by atoms with E-state index in [1.165, 1.54) is 32.4 Å². The number of benzene rings is 1. The molecular formula is C13H18N2O4S. The lowest BCUT2D eigenvalue weighted by Crippen LogP contribution is -2.35. The Labute approximate surface area is 119 Å². The summed E-state index contributed by atoms with van der Waals surface area (Å²) in [6.45, 7) is 2.07. The number of aryl methyl sites for hydroxylation is 1. The molecule has 0 aliphatic carbocycles. The van der Waals surface area contributed by atoms with Crippen molar-refractivity contribution in [3.63, 3.8) is 0 Å². The van der Waals surface area contributed by atoms with E-state index in [0.717, 1.165) is 0 Å². The Morgan fingerprint density at radius 3 is 2.60 bits per heavy atom. The molecule has 0 amide bonds. The molecule has 1 N–H and O–H groups in total. The van der Waals surface area contributed by atoms with Crippen LogP contribution in [0.5, 0.6) is 0 Å². The van der Waals surface area contributed by atoms with E-state index < -0.39 is 10.0 Å². The number of nitrogens with one attached hydrogen (secondary N) is 1. The summed E-state index contributed by atoms with van der Waals surface area (Å²) in [5, 5.41) is 8.78. The number of ether oxygens (including phenoxy) is 2. The smallest absolute Gasteiger partial charge is 0.240 e. The van der Waals surface area contributed by atoms with Crippen molar-refractivity contribution in [3.05, 3.63) is 29.3 Å². The molecule has 110 valence electrons. The van der Waals surface area contributed by atoms with Gasteiger partial charge in [0, 0.05) is 20.8 Å². The van der Waals surface area contributed by atoms with Crippen LogP contribution in [-0.4, -0.2) is 41.9 Å². The fourth-order valence-electron chi connectivity index (χ4n) is 1.70. The van der Waals surface area contributed by atoms with Gasteiger partial charge < -0.3 is 9.47 Å². The molecular weight excluding hydrogens is 280 g/mol. The molecule has 1 aromatic carbocycles. The maximum absolute atomic E-state index is 12.2. The molecule has 0 heterocycles. The van der Waals surface area contributed by atoms with Crippen molar-refractivity contribution >= 4 is 10.0 Å². The molecule has 0 aliphatic heterocycles. The van der Waals surface area contributed by atoms with Crippen molar-refractivity contribution in [1.82, 2.24) is 4.72 Å². The van der Waals surface area contributed by atoms with E-state index in [2.05, 4.69) is 4.72 Å². The molecule has 0 bridgehead atoms. The first-order chi connectivity index (χ1) is 9.44. The van der Waals surface area contributed by atoms with Crippen LogP contribution in [0.2, 0.25) is 0 Å². The molecule has 1 aromatic rings. The Hall–Kier alpha value is -1.46. The molecule has 0 radical (unpaired) electrons. The first kappa shape index (κ1) is 16.6. The van der Waals surface area contributed by atoms with E-state index in [-0.39, 0.29) is 17.5 Å². The number of nitriles is 1. The van der Waals surface area contributed by atoms with Crippen molar-refractivity contribution in [2.45, 2.75) is 17.9 Å². The predicted molar refractivity (Wildman–Crippen MR) is 73.8 cm³/mol. The van der Waals surface area contributed by atoms with Crippen LogP contribution in [0, 0.1) is 18.3 Å².